The van der Waals surface area contributed by atoms with E-state index in [9.17, 15) is 13.2 Å². The molecule has 18 heavy (non-hydrogen) atoms. The Morgan fingerprint density at radius 1 is 1.39 bits per heavy atom. The summed E-state index contributed by atoms with van der Waals surface area (Å²) in [5.41, 5.74) is -0.272. The van der Waals surface area contributed by atoms with Crippen LogP contribution in [-0.2, 0) is 10.9 Å². The molecule has 6 heteroatoms. The van der Waals surface area contributed by atoms with E-state index >= 15 is 0 Å². The maximum absolute atomic E-state index is 12.7. The van der Waals surface area contributed by atoms with E-state index in [0.29, 0.717) is 24.6 Å². The molecule has 0 radical (unpaired) electrons. The third-order valence-corrected chi connectivity index (χ3v) is 3.07. The predicted molar refractivity (Wildman–Crippen MR) is 61.6 cm³/mol. The van der Waals surface area contributed by atoms with Gasteiger partial charge >= 0.3 is 6.18 Å². The van der Waals surface area contributed by atoms with Crippen LogP contribution in [0.25, 0.3) is 0 Å². The average Bonchev–Trinajstić information content (AvgIpc) is 2.75. The fraction of sp³-hybridized carbons (Fsp3) is 0.583. The second kappa shape index (κ2) is 4.76. The van der Waals surface area contributed by atoms with Crippen molar-refractivity contribution in [1.82, 2.24) is 4.98 Å². The van der Waals surface area contributed by atoms with Crippen molar-refractivity contribution >= 4 is 5.82 Å². The topological polar surface area (TPSA) is 25.4 Å². The Labute approximate surface area is 104 Å². The van der Waals surface area contributed by atoms with Crippen molar-refractivity contribution in [3.8, 4) is 0 Å². The molecule has 1 atom stereocenters. The number of pyridine rings is 1. The van der Waals surface area contributed by atoms with Crippen molar-refractivity contribution in [3.63, 3.8) is 0 Å². The Balaban J connectivity index is 2.26. The zero-order valence-electron chi connectivity index (χ0n) is 10.3. The van der Waals surface area contributed by atoms with Crippen LogP contribution in [0.5, 0.6) is 0 Å². The number of hydrogen-bond acceptors (Lipinski definition) is 3. The fourth-order valence-electron chi connectivity index (χ4n) is 2.11. The quantitative estimate of drug-likeness (QED) is 0.817. The first-order valence-electron chi connectivity index (χ1n) is 5.74. The minimum absolute atomic E-state index is 0.0710. The van der Waals surface area contributed by atoms with Gasteiger partial charge in [0, 0.05) is 25.9 Å². The molecule has 0 amide bonds. The third kappa shape index (κ3) is 2.75. The number of aryl methyl sites for hydroxylation is 1. The normalized spacial score (nSPS) is 20.5. The van der Waals surface area contributed by atoms with E-state index < -0.39 is 11.7 Å². The van der Waals surface area contributed by atoms with Crippen LogP contribution < -0.4 is 4.90 Å². The maximum atomic E-state index is 12.7. The Morgan fingerprint density at radius 2 is 2.11 bits per heavy atom. The minimum atomic E-state index is -4.33. The first-order valence-corrected chi connectivity index (χ1v) is 5.74. The van der Waals surface area contributed by atoms with Crippen molar-refractivity contribution in [2.24, 2.45) is 0 Å². The molecule has 2 rings (SSSR count). The van der Waals surface area contributed by atoms with Crippen LogP contribution in [-0.4, -0.2) is 31.3 Å². The molecule has 1 fully saturated rings. The van der Waals surface area contributed by atoms with Crippen molar-refractivity contribution in [2.75, 3.05) is 25.1 Å². The van der Waals surface area contributed by atoms with Crippen molar-refractivity contribution in [1.29, 1.82) is 0 Å². The zero-order chi connectivity index (χ0) is 13.3. The highest BCUT2D eigenvalue weighted by Crippen LogP contribution is 2.32. The van der Waals surface area contributed by atoms with E-state index in [4.69, 9.17) is 4.74 Å². The first-order chi connectivity index (χ1) is 8.40. The molecule has 2 heterocycles. The number of aromatic nitrogens is 1. The molecule has 1 aromatic heterocycles. The second-order valence-electron chi connectivity index (χ2n) is 4.45. The van der Waals surface area contributed by atoms with Crippen LogP contribution in [0.15, 0.2) is 12.1 Å². The number of ether oxygens (including phenoxy) is 1. The average molecular weight is 260 g/mol. The summed E-state index contributed by atoms with van der Waals surface area (Å²) in [5.74, 6) is 0.377. The number of halogens is 3. The number of nitrogens with zero attached hydrogens (tertiary/aromatic N) is 2. The van der Waals surface area contributed by atoms with Crippen LogP contribution >= 0.6 is 0 Å². The molecule has 3 nitrogen and oxygen atoms in total. The molecule has 0 bridgehead atoms. The molecular formula is C12H15F3N2O. The lowest BCUT2D eigenvalue weighted by atomic mass is 10.2. The van der Waals surface area contributed by atoms with Gasteiger partial charge in [-0.1, -0.05) is 0 Å². The standard InChI is InChI=1S/C12H15F3N2O/c1-8-5-9(12(13,14)15)6-11(16-8)17-4-3-10(7-17)18-2/h5-6,10H,3-4,7H2,1-2H3/t10-/m0/s1. The van der Waals surface area contributed by atoms with Crippen LogP contribution in [0, 0.1) is 6.92 Å². The Hall–Kier alpha value is -1.30. The van der Waals surface area contributed by atoms with Gasteiger partial charge in [-0.2, -0.15) is 13.2 Å². The number of alkyl halides is 3. The molecule has 0 unspecified atom stereocenters. The lowest BCUT2D eigenvalue weighted by Gasteiger charge is -2.19. The monoisotopic (exact) mass is 260 g/mol. The lowest BCUT2D eigenvalue weighted by molar-refractivity contribution is -0.137. The van der Waals surface area contributed by atoms with Crippen LogP contribution in [0.2, 0.25) is 0 Å². The highest BCUT2D eigenvalue weighted by atomic mass is 19.4. The van der Waals surface area contributed by atoms with Crippen molar-refractivity contribution in [3.05, 3.63) is 23.4 Å². The zero-order valence-corrected chi connectivity index (χ0v) is 10.3. The van der Waals surface area contributed by atoms with Crippen molar-refractivity contribution in [2.45, 2.75) is 25.6 Å². The molecule has 1 aromatic rings. The molecule has 100 valence electrons. The van der Waals surface area contributed by atoms with Gasteiger partial charge in [0.1, 0.15) is 5.82 Å². The first kappa shape index (κ1) is 13.1. The largest absolute Gasteiger partial charge is 0.416 e. The van der Waals surface area contributed by atoms with E-state index in [0.717, 1.165) is 18.6 Å². The van der Waals surface area contributed by atoms with Gasteiger partial charge in [-0.25, -0.2) is 4.98 Å². The summed E-state index contributed by atoms with van der Waals surface area (Å²) in [4.78, 5) is 6.00. The molecular weight excluding hydrogens is 245 g/mol. The molecule has 1 aliphatic rings. The summed E-state index contributed by atoms with van der Waals surface area (Å²) in [6, 6.07) is 2.17. The number of rotatable bonds is 2. The molecule has 0 aliphatic carbocycles. The van der Waals surface area contributed by atoms with Crippen LogP contribution in [0.3, 0.4) is 0 Å². The Kier molecular flexibility index (Phi) is 3.47. The van der Waals surface area contributed by atoms with Crippen LogP contribution in [0.4, 0.5) is 19.0 Å². The van der Waals surface area contributed by atoms with E-state index in [1.807, 2.05) is 4.90 Å². The molecule has 0 aromatic carbocycles. The van der Waals surface area contributed by atoms with Gasteiger partial charge in [0.2, 0.25) is 0 Å². The lowest BCUT2D eigenvalue weighted by Crippen LogP contribution is -2.24. The summed E-state index contributed by atoms with van der Waals surface area (Å²) in [6.07, 6.45) is -3.45. The van der Waals surface area contributed by atoms with E-state index in [1.165, 1.54) is 0 Å². The van der Waals surface area contributed by atoms with Gasteiger partial charge in [-0.05, 0) is 25.5 Å². The number of methoxy groups -OCH3 is 1. The summed E-state index contributed by atoms with van der Waals surface area (Å²) in [6.45, 7) is 2.83. The summed E-state index contributed by atoms with van der Waals surface area (Å²) < 4.78 is 43.3. The van der Waals surface area contributed by atoms with E-state index in [2.05, 4.69) is 4.98 Å². The van der Waals surface area contributed by atoms with Gasteiger partial charge in [0.05, 0.1) is 11.7 Å². The molecule has 1 aliphatic heterocycles. The molecule has 0 saturated carbocycles. The maximum Gasteiger partial charge on any atom is 0.416 e. The van der Waals surface area contributed by atoms with Gasteiger partial charge in [-0.15, -0.1) is 0 Å². The number of anilines is 1. The smallest absolute Gasteiger partial charge is 0.380 e. The van der Waals surface area contributed by atoms with Crippen LogP contribution in [0.1, 0.15) is 17.7 Å². The van der Waals surface area contributed by atoms with E-state index in [-0.39, 0.29) is 6.10 Å². The summed E-state index contributed by atoms with van der Waals surface area (Å²) in [5, 5.41) is 0. The SMILES string of the molecule is CO[C@H]1CCN(c2cc(C(F)(F)F)cc(C)n2)C1. The summed E-state index contributed by atoms with van der Waals surface area (Å²) in [7, 11) is 1.61. The predicted octanol–water partition coefficient (Wildman–Crippen LogP) is 2.63. The number of hydrogen-bond donors (Lipinski definition) is 0. The van der Waals surface area contributed by atoms with Gasteiger partial charge in [0.15, 0.2) is 0 Å². The highest BCUT2D eigenvalue weighted by molar-refractivity contribution is 5.44. The Bertz CT molecular complexity index is 434. The molecule has 1 saturated heterocycles. The second-order valence-corrected chi connectivity index (χ2v) is 4.45. The third-order valence-electron chi connectivity index (χ3n) is 3.07. The van der Waals surface area contributed by atoms with Gasteiger partial charge in [0.25, 0.3) is 0 Å². The fourth-order valence-corrected chi connectivity index (χ4v) is 2.11. The highest BCUT2D eigenvalue weighted by Gasteiger charge is 2.32. The molecule has 0 N–H and O–H groups in total. The minimum Gasteiger partial charge on any atom is -0.380 e. The molecule has 0 spiro atoms. The van der Waals surface area contributed by atoms with Gasteiger partial charge in [-0.3, -0.25) is 0 Å². The Morgan fingerprint density at radius 3 is 2.67 bits per heavy atom. The van der Waals surface area contributed by atoms with E-state index in [1.54, 1.807) is 14.0 Å². The van der Waals surface area contributed by atoms with Crippen molar-refractivity contribution < 1.29 is 17.9 Å². The summed E-state index contributed by atoms with van der Waals surface area (Å²) >= 11 is 0. The van der Waals surface area contributed by atoms with Gasteiger partial charge < -0.3 is 9.64 Å².